The van der Waals surface area contributed by atoms with Crippen LogP contribution in [0, 0.1) is 27.7 Å². The highest BCUT2D eigenvalue weighted by Gasteiger charge is 2.18. The van der Waals surface area contributed by atoms with Crippen molar-refractivity contribution >= 4 is 38.9 Å². The minimum absolute atomic E-state index is 0.0624. The second-order valence-electron chi connectivity index (χ2n) is 8.05. The molecular weight excluding hydrogens is 460 g/mol. The summed E-state index contributed by atoms with van der Waals surface area (Å²) in [4.78, 5) is 12.7. The average Bonchev–Trinajstić information content (AvgIpc) is 2.74. The molecule has 1 atom stereocenters. The third-order valence-corrected chi connectivity index (χ3v) is 7.10. The first-order chi connectivity index (χ1) is 15.5. The van der Waals surface area contributed by atoms with E-state index in [2.05, 4.69) is 16.1 Å². The lowest BCUT2D eigenvalue weighted by atomic mass is 10.1. The van der Waals surface area contributed by atoms with E-state index in [0.29, 0.717) is 22.1 Å². The van der Waals surface area contributed by atoms with E-state index in [1.165, 1.54) is 24.3 Å². The molecule has 0 spiro atoms. The van der Waals surface area contributed by atoms with Crippen LogP contribution in [0.3, 0.4) is 0 Å². The van der Waals surface area contributed by atoms with Crippen LogP contribution in [0.2, 0.25) is 5.02 Å². The lowest BCUT2D eigenvalue weighted by Gasteiger charge is -2.18. The summed E-state index contributed by atoms with van der Waals surface area (Å²) in [7, 11) is -3.80. The SMILES string of the molecule is Cc1cc(C)c(C)c(O[C@@H](C)C(=O)Nc2ccc(S(=O)(=O)Nc3ccc(C)c(Cl)c3)cc2)c1. The van der Waals surface area contributed by atoms with Crippen LogP contribution in [0.25, 0.3) is 0 Å². The van der Waals surface area contributed by atoms with Crippen LogP contribution in [0.15, 0.2) is 59.5 Å². The van der Waals surface area contributed by atoms with Crippen LogP contribution in [-0.4, -0.2) is 20.4 Å². The van der Waals surface area contributed by atoms with Gasteiger partial charge in [-0.15, -0.1) is 0 Å². The van der Waals surface area contributed by atoms with Gasteiger partial charge in [0, 0.05) is 10.7 Å². The van der Waals surface area contributed by atoms with Crippen molar-refractivity contribution < 1.29 is 17.9 Å². The zero-order valence-corrected chi connectivity index (χ0v) is 20.8. The number of anilines is 2. The number of amides is 1. The van der Waals surface area contributed by atoms with Gasteiger partial charge < -0.3 is 10.1 Å². The van der Waals surface area contributed by atoms with Crippen molar-refractivity contribution in [3.8, 4) is 5.75 Å². The fraction of sp³-hybridized carbons (Fsp3) is 0.240. The van der Waals surface area contributed by atoms with Crippen molar-refractivity contribution in [1.82, 2.24) is 0 Å². The fourth-order valence-electron chi connectivity index (χ4n) is 3.20. The number of sulfonamides is 1. The number of aryl methyl sites for hydroxylation is 3. The zero-order valence-electron chi connectivity index (χ0n) is 19.2. The average molecular weight is 487 g/mol. The summed E-state index contributed by atoms with van der Waals surface area (Å²) in [5.41, 5.74) is 4.82. The van der Waals surface area contributed by atoms with Crippen molar-refractivity contribution in [3.05, 3.63) is 81.9 Å². The van der Waals surface area contributed by atoms with Crippen LogP contribution < -0.4 is 14.8 Å². The fourth-order valence-corrected chi connectivity index (χ4v) is 4.43. The van der Waals surface area contributed by atoms with Crippen molar-refractivity contribution in [2.24, 2.45) is 0 Å². The molecular formula is C25H27ClN2O4S. The maximum Gasteiger partial charge on any atom is 0.265 e. The highest BCUT2D eigenvalue weighted by atomic mass is 35.5. The smallest absolute Gasteiger partial charge is 0.265 e. The standard InChI is InChI=1S/C25H27ClN2O4S/c1-15-12-17(3)18(4)24(13-15)32-19(5)25(29)27-20-8-10-22(11-9-20)33(30,31)28-21-7-6-16(2)23(26)14-21/h6-14,19,28H,1-5H3,(H,27,29)/t19-/m0/s1. The maximum absolute atomic E-state index is 12.7. The molecule has 0 saturated heterocycles. The Morgan fingerprint density at radius 1 is 0.909 bits per heavy atom. The third kappa shape index (κ3) is 6.06. The monoisotopic (exact) mass is 486 g/mol. The minimum Gasteiger partial charge on any atom is -0.481 e. The summed E-state index contributed by atoms with van der Waals surface area (Å²) in [5, 5.41) is 3.23. The Bertz CT molecular complexity index is 1290. The molecule has 2 N–H and O–H groups in total. The van der Waals surface area contributed by atoms with E-state index in [-0.39, 0.29) is 10.8 Å². The molecule has 6 nitrogen and oxygen atoms in total. The summed E-state index contributed by atoms with van der Waals surface area (Å²) in [5.74, 6) is 0.329. The van der Waals surface area contributed by atoms with Gasteiger partial charge in [-0.3, -0.25) is 9.52 Å². The number of ether oxygens (including phenoxy) is 1. The normalized spacial score (nSPS) is 12.2. The number of halogens is 1. The van der Waals surface area contributed by atoms with Gasteiger partial charge >= 0.3 is 0 Å². The van der Waals surface area contributed by atoms with E-state index >= 15 is 0 Å². The second-order valence-corrected chi connectivity index (χ2v) is 10.1. The molecule has 0 aliphatic carbocycles. The Hall–Kier alpha value is -3.03. The second kappa shape index (κ2) is 9.85. The van der Waals surface area contributed by atoms with Crippen molar-refractivity contribution in [3.63, 3.8) is 0 Å². The van der Waals surface area contributed by atoms with Gasteiger partial charge in [0.25, 0.3) is 15.9 Å². The van der Waals surface area contributed by atoms with Crippen molar-refractivity contribution in [2.45, 2.75) is 45.6 Å². The Morgan fingerprint density at radius 3 is 2.18 bits per heavy atom. The predicted octanol–water partition coefficient (Wildman–Crippen LogP) is 5.78. The third-order valence-electron chi connectivity index (χ3n) is 5.29. The summed E-state index contributed by atoms with van der Waals surface area (Å²) in [6.07, 6.45) is -0.735. The van der Waals surface area contributed by atoms with Gasteiger partial charge in [0.05, 0.1) is 10.6 Å². The quantitative estimate of drug-likeness (QED) is 0.443. The molecule has 33 heavy (non-hydrogen) atoms. The first-order valence-corrected chi connectivity index (χ1v) is 12.3. The van der Waals surface area contributed by atoms with E-state index in [1.807, 2.05) is 33.8 Å². The molecule has 0 aliphatic heterocycles. The Morgan fingerprint density at radius 2 is 1.55 bits per heavy atom. The van der Waals surface area contributed by atoms with Crippen molar-refractivity contribution in [2.75, 3.05) is 10.0 Å². The van der Waals surface area contributed by atoms with E-state index in [9.17, 15) is 13.2 Å². The summed E-state index contributed by atoms with van der Waals surface area (Å²) >= 11 is 6.07. The molecule has 0 fully saturated rings. The van der Waals surface area contributed by atoms with E-state index < -0.39 is 16.1 Å². The number of hydrogen-bond acceptors (Lipinski definition) is 4. The minimum atomic E-state index is -3.80. The van der Waals surface area contributed by atoms with Gasteiger partial charge in [-0.1, -0.05) is 23.7 Å². The number of hydrogen-bond donors (Lipinski definition) is 2. The van der Waals surface area contributed by atoms with Gasteiger partial charge in [-0.05, 0) is 99.3 Å². The van der Waals surface area contributed by atoms with Gasteiger partial charge in [0.2, 0.25) is 0 Å². The van der Waals surface area contributed by atoms with Crippen molar-refractivity contribution in [1.29, 1.82) is 0 Å². The van der Waals surface area contributed by atoms with Gasteiger partial charge in [-0.2, -0.15) is 0 Å². The lowest BCUT2D eigenvalue weighted by molar-refractivity contribution is -0.122. The molecule has 8 heteroatoms. The highest BCUT2D eigenvalue weighted by Crippen LogP contribution is 2.25. The first kappa shape index (κ1) is 24.6. The molecule has 0 radical (unpaired) electrons. The van der Waals surface area contributed by atoms with Crippen LogP contribution in [0.4, 0.5) is 11.4 Å². The molecule has 0 saturated carbocycles. The number of benzene rings is 3. The van der Waals surface area contributed by atoms with Crippen LogP contribution in [0.1, 0.15) is 29.2 Å². The number of nitrogens with one attached hydrogen (secondary N) is 2. The van der Waals surface area contributed by atoms with Crippen LogP contribution >= 0.6 is 11.6 Å². The summed E-state index contributed by atoms with van der Waals surface area (Å²) in [6, 6.07) is 14.8. The molecule has 0 bridgehead atoms. The largest absolute Gasteiger partial charge is 0.481 e. The van der Waals surface area contributed by atoms with Crippen LogP contribution in [-0.2, 0) is 14.8 Å². The number of rotatable bonds is 7. The van der Waals surface area contributed by atoms with Gasteiger partial charge in [0.15, 0.2) is 6.10 Å². The summed E-state index contributed by atoms with van der Waals surface area (Å²) in [6.45, 7) is 9.43. The van der Waals surface area contributed by atoms with E-state index in [4.69, 9.17) is 16.3 Å². The number of carbonyl (C=O) groups is 1. The molecule has 0 aromatic heterocycles. The predicted molar refractivity (Wildman–Crippen MR) is 133 cm³/mol. The Labute approximate surface area is 200 Å². The van der Waals surface area contributed by atoms with Crippen LogP contribution in [0.5, 0.6) is 5.75 Å². The zero-order chi connectivity index (χ0) is 24.3. The first-order valence-electron chi connectivity index (χ1n) is 10.4. The lowest BCUT2D eigenvalue weighted by Crippen LogP contribution is -2.30. The maximum atomic E-state index is 12.7. The molecule has 3 aromatic carbocycles. The molecule has 0 unspecified atom stereocenters. The molecule has 0 heterocycles. The molecule has 3 aromatic rings. The molecule has 3 rings (SSSR count). The molecule has 174 valence electrons. The Kier molecular flexibility index (Phi) is 7.34. The van der Waals surface area contributed by atoms with Gasteiger partial charge in [0.1, 0.15) is 5.75 Å². The van der Waals surface area contributed by atoms with E-state index in [0.717, 1.165) is 22.3 Å². The molecule has 1 amide bonds. The summed E-state index contributed by atoms with van der Waals surface area (Å²) < 4.78 is 33.7. The topological polar surface area (TPSA) is 84.5 Å². The van der Waals surface area contributed by atoms with Gasteiger partial charge in [-0.25, -0.2) is 8.42 Å². The molecule has 0 aliphatic rings. The van der Waals surface area contributed by atoms with E-state index in [1.54, 1.807) is 25.1 Å². The number of carbonyl (C=O) groups excluding carboxylic acids is 1. The highest BCUT2D eigenvalue weighted by molar-refractivity contribution is 7.92. The Balaban J connectivity index is 1.67.